The molecule has 2 heterocycles. The van der Waals surface area contributed by atoms with Crippen LogP contribution in [0.1, 0.15) is 48.9 Å². The fraction of sp³-hybridized carbons (Fsp3) is 0.448. The number of carbonyl (C=O) groups excluding carboxylic acids is 2. The van der Waals surface area contributed by atoms with Crippen molar-refractivity contribution in [2.45, 2.75) is 39.2 Å². The molecular formula is C29H36N2O6. The number of aromatic hydroxyl groups is 1. The number of rotatable bonds is 10. The normalized spacial score (nSPS) is 19.9. The molecule has 2 fully saturated rings. The van der Waals surface area contributed by atoms with E-state index in [2.05, 4.69) is 11.8 Å². The highest BCUT2D eigenvalue weighted by atomic mass is 16.5. The highest BCUT2D eigenvalue weighted by molar-refractivity contribution is 6.46. The summed E-state index contributed by atoms with van der Waals surface area (Å²) in [5, 5.41) is 21.1. The number of aliphatic hydroxyl groups excluding tert-OH is 1. The zero-order chi connectivity index (χ0) is 26.4. The van der Waals surface area contributed by atoms with Gasteiger partial charge < -0.3 is 24.6 Å². The molecule has 8 heteroatoms. The second-order valence-electron chi connectivity index (χ2n) is 9.57. The molecule has 0 saturated carbocycles. The molecule has 2 aliphatic heterocycles. The van der Waals surface area contributed by atoms with Gasteiger partial charge in [-0.05, 0) is 61.2 Å². The lowest BCUT2D eigenvalue weighted by Gasteiger charge is -2.29. The molecule has 0 aliphatic carbocycles. The number of nitrogens with zero attached hydrogens (tertiary/aromatic N) is 2. The Bertz CT molecular complexity index is 1140. The number of ketones is 1. The van der Waals surface area contributed by atoms with Crippen LogP contribution in [0.25, 0.3) is 5.76 Å². The predicted octanol–water partition coefficient (Wildman–Crippen LogP) is 4.02. The van der Waals surface area contributed by atoms with Gasteiger partial charge in [0.1, 0.15) is 17.3 Å². The van der Waals surface area contributed by atoms with Gasteiger partial charge in [-0.1, -0.05) is 25.5 Å². The number of hydrogen-bond donors (Lipinski definition) is 2. The minimum absolute atomic E-state index is 0.0566. The highest BCUT2D eigenvalue weighted by Crippen LogP contribution is 2.40. The van der Waals surface area contributed by atoms with Gasteiger partial charge in [0.05, 0.1) is 31.4 Å². The van der Waals surface area contributed by atoms with E-state index in [9.17, 15) is 19.8 Å². The van der Waals surface area contributed by atoms with E-state index >= 15 is 0 Å². The van der Waals surface area contributed by atoms with Crippen molar-refractivity contribution in [3.05, 3.63) is 64.7 Å². The molecule has 2 saturated heterocycles. The maximum atomic E-state index is 13.3. The molecule has 1 amide bonds. The van der Waals surface area contributed by atoms with Gasteiger partial charge in [0.2, 0.25) is 0 Å². The van der Waals surface area contributed by atoms with Crippen molar-refractivity contribution in [2.75, 3.05) is 46.0 Å². The van der Waals surface area contributed by atoms with Crippen LogP contribution in [-0.2, 0) is 14.3 Å². The van der Waals surface area contributed by atoms with Crippen molar-refractivity contribution in [2.24, 2.45) is 0 Å². The van der Waals surface area contributed by atoms with Crippen LogP contribution < -0.4 is 4.74 Å². The third kappa shape index (κ3) is 6.14. The van der Waals surface area contributed by atoms with Crippen LogP contribution in [0.5, 0.6) is 11.5 Å². The molecule has 8 nitrogen and oxygen atoms in total. The summed E-state index contributed by atoms with van der Waals surface area (Å²) in [6.07, 6.45) is 2.66. The number of Topliss-reactive ketones (excluding diaryl/α,β-unsaturated/α-hetero) is 1. The average molecular weight is 509 g/mol. The minimum atomic E-state index is -0.744. The Kier molecular flexibility index (Phi) is 8.84. The van der Waals surface area contributed by atoms with E-state index < -0.39 is 17.7 Å². The van der Waals surface area contributed by atoms with Crippen molar-refractivity contribution in [1.29, 1.82) is 0 Å². The Morgan fingerprint density at radius 3 is 2.46 bits per heavy atom. The molecule has 2 aromatic carbocycles. The number of phenolic OH excluding ortho intramolecular Hbond substituents is 1. The number of phenols is 1. The predicted molar refractivity (Wildman–Crippen MR) is 141 cm³/mol. The van der Waals surface area contributed by atoms with Crippen molar-refractivity contribution in [3.63, 3.8) is 0 Å². The highest BCUT2D eigenvalue weighted by Gasteiger charge is 2.45. The van der Waals surface area contributed by atoms with E-state index in [1.54, 1.807) is 30.3 Å². The van der Waals surface area contributed by atoms with Crippen molar-refractivity contribution >= 4 is 17.4 Å². The summed E-state index contributed by atoms with van der Waals surface area (Å²) >= 11 is 0. The van der Waals surface area contributed by atoms with Crippen LogP contribution in [0.4, 0.5) is 0 Å². The largest absolute Gasteiger partial charge is 0.508 e. The summed E-state index contributed by atoms with van der Waals surface area (Å²) in [7, 11) is 0. The maximum absolute atomic E-state index is 13.3. The summed E-state index contributed by atoms with van der Waals surface area (Å²) in [4.78, 5) is 30.3. The molecule has 4 rings (SSSR count). The average Bonchev–Trinajstić information content (AvgIpc) is 3.15. The Labute approximate surface area is 218 Å². The summed E-state index contributed by atoms with van der Waals surface area (Å²) in [5.74, 6) is -0.734. The number of morpholine rings is 1. The number of unbranched alkanes of at least 4 members (excludes halogenated alkanes) is 1. The van der Waals surface area contributed by atoms with Gasteiger partial charge in [0.25, 0.3) is 11.7 Å². The number of aliphatic hydroxyl groups is 1. The first kappa shape index (κ1) is 26.7. The number of ether oxygens (including phenoxy) is 2. The first-order valence-corrected chi connectivity index (χ1v) is 13.0. The van der Waals surface area contributed by atoms with Crippen LogP contribution in [-0.4, -0.2) is 77.7 Å². The number of hydrogen-bond acceptors (Lipinski definition) is 7. The van der Waals surface area contributed by atoms with Gasteiger partial charge in [-0.25, -0.2) is 0 Å². The second-order valence-corrected chi connectivity index (χ2v) is 9.57. The van der Waals surface area contributed by atoms with Gasteiger partial charge >= 0.3 is 0 Å². The van der Waals surface area contributed by atoms with E-state index in [1.165, 1.54) is 17.0 Å². The maximum Gasteiger partial charge on any atom is 0.295 e. The first-order chi connectivity index (χ1) is 17.9. The molecule has 1 atom stereocenters. The van der Waals surface area contributed by atoms with E-state index in [1.807, 2.05) is 6.92 Å². The summed E-state index contributed by atoms with van der Waals surface area (Å²) in [6.45, 7) is 8.83. The molecule has 0 unspecified atom stereocenters. The molecule has 0 spiro atoms. The van der Waals surface area contributed by atoms with Crippen LogP contribution in [0.15, 0.2) is 48.0 Å². The van der Waals surface area contributed by atoms with Gasteiger partial charge in [-0.2, -0.15) is 0 Å². The Hall–Kier alpha value is -3.36. The molecule has 198 valence electrons. The van der Waals surface area contributed by atoms with E-state index in [-0.39, 0.29) is 17.1 Å². The third-order valence-corrected chi connectivity index (χ3v) is 6.93. The molecule has 0 aromatic heterocycles. The molecule has 2 aromatic rings. The molecule has 37 heavy (non-hydrogen) atoms. The van der Waals surface area contributed by atoms with Gasteiger partial charge in [-0.3, -0.25) is 14.5 Å². The van der Waals surface area contributed by atoms with Crippen LogP contribution >= 0.6 is 0 Å². The Morgan fingerprint density at radius 1 is 1.05 bits per heavy atom. The van der Waals surface area contributed by atoms with Crippen LogP contribution in [0.3, 0.4) is 0 Å². The van der Waals surface area contributed by atoms with Crippen LogP contribution in [0.2, 0.25) is 0 Å². The van der Waals surface area contributed by atoms with Crippen LogP contribution in [0, 0.1) is 6.92 Å². The standard InChI is InChI=1S/C29H36N2O6/c1-3-4-16-37-24-11-8-22(19-20(24)2)27(33)25-26(21-6-9-23(32)10-7-21)31(29(35)28(25)34)13-5-12-30-14-17-36-18-15-30/h6-11,19,26,32-33H,3-5,12-18H2,1-2H3/b27-25+/t26-/m0/s1. The fourth-order valence-corrected chi connectivity index (χ4v) is 4.84. The van der Waals surface area contributed by atoms with Gasteiger partial charge in [0.15, 0.2) is 0 Å². The van der Waals surface area contributed by atoms with Gasteiger partial charge in [0, 0.05) is 31.7 Å². The van der Waals surface area contributed by atoms with Crippen molar-refractivity contribution in [1.82, 2.24) is 9.80 Å². The molecule has 0 radical (unpaired) electrons. The lowest BCUT2D eigenvalue weighted by atomic mass is 9.94. The SMILES string of the molecule is CCCCOc1ccc(/C(O)=C2\C(=O)C(=O)N(CCCN3CCOCC3)[C@H]2c2ccc(O)cc2)cc1C. The number of carbonyl (C=O) groups is 2. The molecular weight excluding hydrogens is 472 g/mol. The van der Waals surface area contributed by atoms with E-state index in [0.29, 0.717) is 43.9 Å². The molecule has 2 aliphatic rings. The number of aryl methyl sites for hydroxylation is 1. The Balaban J connectivity index is 1.64. The Morgan fingerprint density at radius 2 is 1.78 bits per heavy atom. The minimum Gasteiger partial charge on any atom is -0.508 e. The van der Waals surface area contributed by atoms with E-state index in [4.69, 9.17) is 9.47 Å². The first-order valence-electron chi connectivity index (χ1n) is 13.0. The monoisotopic (exact) mass is 508 g/mol. The number of benzene rings is 2. The zero-order valence-corrected chi connectivity index (χ0v) is 21.6. The smallest absolute Gasteiger partial charge is 0.295 e. The second kappa shape index (κ2) is 12.3. The van der Waals surface area contributed by atoms with Crippen molar-refractivity contribution in [3.8, 4) is 11.5 Å². The molecule has 2 N–H and O–H groups in total. The zero-order valence-electron chi connectivity index (χ0n) is 21.6. The number of amides is 1. The quantitative estimate of drug-likeness (QED) is 0.216. The topological polar surface area (TPSA) is 99.5 Å². The summed E-state index contributed by atoms with van der Waals surface area (Å²) in [6, 6.07) is 10.9. The van der Waals surface area contributed by atoms with E-state index in [0.717, 1.165) is 43.8 Å². The number of likely N-dealkylation sites (tertiary alicyclic amines) is 1. The fourth-order valence-electron chi connectivity index (χ4n) is 4.84. The van der Waals surface area contributed by atoms with Gasteiger partial charge in [-0.15, -0.1) is 0 Å². The third-order valence-electron chi connectivity index (χ3n) is 6.93. The summed E-state index contributed by atoms with van der Waals surface area (Å²) in [5.41, 5.74) is 2.00. The lowest BCUT2D eigenvalue weighted by molar-refractivity contribution is -0.140. The molecule has 0 bridgehead atoms. The lowest BCUT2D eigenvalue weighted by Crippen LogP contribution is -2.38. The van der Waals surface area contributed by atoms with Crippen molar-refractivity contribution < 1.29 is 29.3 Å². The summed E-state index contributed by atoms with van der Waals surface area (Å²) < 4.78 is 11.2.